The average Bonchev–Trinajstić information content (AvgIpc) is 2.79. The fourth-order valence-electron chi connectivity index (χ4n) is 3.41. The van der Waals surface area contributed by atoms with Gasteiger partial charge in [0, 0.05) is 31.3 Å². The maximum absolute atomic E-state index is 13.3. The fraction of sp³-hybridized carbons (Fsp3) is 0.667. The standard InChI is InChI=1S/C21H34N2O4/c1-12(2)10-17(24)23(11-13(3)4)16(7)20(25)18-14(5)19(21(26)27-9)22(8)15(18)6/h12-13,16H,10-11H2,1-9H3. The third-order valence-electron chi connectivity index (χ3n) is 4.87. The molecule has 1 unspecified atom stereocenters. The lowest BCUT2D eigenvalue weighted by atomic mass is 9.98. The number of carbonyl (C=O) groups excluding carboxylic acids is 3. The second-order valence-electron chi connectivity index (χ2n) is 8.06. The highest BCUT2D eigenvalue weighted by atomic mass is 16.5. The van der Waals surface area contributed by atoms with Crippen molar-refractivity contribution in [1.82, 2.24) is 9.47 Å². The van der Waals surface area contributed by atoms with E-state index in [1.54, 1.807) is 30.4 Å². The van der Waals surface area contributed by atoms with E-state index >= 15 is 0 Å². The third kappa shape index (κ3) is 4.99. The zero-order valence-corrected chi connectivity index (χ0v) is 18.2. The highest BCUT2D eigenvalue weighted by Crippen LogP contribution is 2.25. The van der Waals surface area contributed by atoms with Gasteiger partial charge in [0.25, 0.3) is 0 Å². The smallest absolute Gasteiger partial charge is 0.354 e. The topological polar surface area (TPSA) is 68.6 Å². The van der Waals surface area contributed by atoms with Gasteiger partial charge in [-0.1, -0.05) is 27.7 Å². The zero-order chi connectivity index (χ0) is 21.0. The number of methoxy groups -OCH3 is 1. The van der Waals surface area contributed by atoms with Crippen molar-refractivity contribution in [2.45, 2.75) is 60.9 Å². The number of ether oxygens (including phenoxy) is 1. The highest BCUT2D eigenvalue weighted by Gasteiger charge is 2.32. The largest absolute Gasteiger partial charge is 0.464 e. The first-order valence-electron chi connectivity index (χ1n) is 9.51. The number of amides is 1. The molecule has 6 nitrogen and oxygen atoms in total. The summed E-state index contributed by atoms with van der Waals surface area (Å²) in [6, 6.07) is -0.594. The van der Waals surface area contributed by atoms with Crippen LogP contribution in [0.25, 0.3) is 0 Å². The molecule has 6 heteroatoms. The predicted molar refractivity (Wildman–Crippen MR) is 106 cm³/mol. The van der Waals surface area contributed by atoms with Crippen molar-refractivity contribution in [2.24, 2.45) is 18.9 Å². The molecular weight excluding hydrogens is 344 g/mol. The second-order valence-corrected chi connectivity index (χ2v) is 8.06. The lowest BCUT2D eigenvalue weighted by molar-refractivity contribution is -0.133. The molecule has 0 bridgehead atoms. The van der Waals surface area contributed by atoms with Gasteiger partial charge in [-0.05, 0) is 38.2 Å². The summed E-state index contributed by atoms with van der Waals surface area (Å²) in [6.45, 7) is 13.9. The van der Waals surface area contributed by atoms with Crippen LogP contribution in [0.1, 0.15) is 73.1 Å². The molecular formula is C21H34N2O4. The summed E-state index contributed by atoms with van der Waals surface area (Å²) >= 11 is 0. The molecule has 1 amide bonds. The first-order chi connectivity index (χ1) is 12.4. The summed E-state index contributed by atoms with van der Waals surface area (Å²) < 4.78 is 6.54. The first kappa shape index (κ1) is 22.9. The minimum atomic E-state index is -0.594. The molecule has 0 aliphatic carbocycles. The maximum atomic E-state index is 13.3. The quantitative estimate of drug-likeness (QED) is 0.513. The Morgan fingerprint density at radius 2 is 1.59 bits per heavy atom. The van der Waals surface area contributed by atoms with Gasteiger partial charge in [0.05, 0.1) is 13.2 Å². The molecule has 1 rings (SSSR count). The molecule has 0 aliphatic heterocycles. The Bertz CT molecular complexity index is 716. The van der Waals surface area contributed by atoms with Gasteiger partial charge in [-0.3, -0.25) is 9.59 Å². The fourth-order valence-corrected chi connectivity index (χ4v) is 3.41. The van der Waals surface area contributed by atoms with Crippen molar-refractivity contribution in [2.75, 3.05) is 13.7 Å². The van der Waals surface area contributed by atoms with E-state index in [1.807, 2.05) is 34.6 Å². The Balaban J connectivity index is 3.32. The number of esters is 1. The summed E-state index contributed by atoms with van der Waals surface area (Å²) in [7, 11) is 3.06. The summed E-state index contributed by atoms with van der Waals surface area (Å²) in [5, 5.41) is 0. The first-order valence-corrected chi connectivity index (χ1v) is 9.51. The molecule has 1 aromatic rings. The van der Waals surface area contributed by atoms with Crippen LogP contribution in [0.15, 0.2) is 0 Å². The van der Waals surface area contributed by atoms with E-state index in [0.29, 0.717) is 35.5 Å². The molecule has 0 saturated heterocycles. The van der Waals surface area contributed by atoms with Gasteiger partial charge in [-0.15, -0.1) is 0 Å². The summed E-state index contributed by atoms with van der Waals surface area (Å²) in [6.07, 6.45) is 0.407. The Hall–Kier alpha value is -2.11. The van der Waals surface area contributed by atoms with Crippen LogP contribution in [0.2, 0.25) is 0 Å². The van der Waals surface area contributed by atoms with Crippen LogP contribution in [0.3, 0.4) is 0 Å². The van der Waals surface area contributed by atoms with Crippen LogP contribution in [0.5, 0.6) is 0 Å². The number of hydrogen-bond acceptors (Lipinski definition) is 4. The molecule has 0 saturated carbocycles. The van der Waals surface area contributed by atoms with Crippen LogP contribution in [0.4, 0.5) is 0 Å². The van der Waals surface area contributed by atoms with Crippen molar-refractivity contribution < 1.29 is 19.1 Å². The van der Waals surface area contributed by atoms with Gasteiger partial charge < -0.3 is 14.2 Å². The molecule has 0 radical (unpaired) electrons. The molecule has 1 atom stereocenters. The minimum Gasteiger partial charge on any atom is -0.464 e. The van der Waals surface area contributed by atoms with Crippen molar-refractivity contribution in [3.63, 3.8) is 0 Å². The highest BCUT2D eigenvalue weighted by molar-refractivity contribution is 6.06. The molecule has 27 heavy (non-hydrogen) atoms. The third-order valence-corrected chi connectivity index (χ3v) is 4.87. The molecule has 0 fully saturated rings. The number of Topliss-reactive ketones (excluding diaryl/α,β-unsaturated/α-hetero) is 1. The molecule has 0 aromatic carbocycles. The van der Waals surface area contributed by atoms with E-state index in [4.69, 9.17) is 4.74 Å². The number of carbonyl (C=O) groups is 3. The normalized spacial score (nSPS) is 12.4. The Morgan fingerprint density at radius 3 is 2.04 bits per heavy atom. The summed E-state index contributed by atoms with van der Waals surface area (Å²) in [5.74, 6) is -0.159. The van der Waals surface area contributed by atoms with E-state index in [-0.39, 0.29) is 23.5 Å². The van der Waals surface area contributed by atoms with Crippen LogP contribution >= 0.6 is 0 Å². The zero-order valence-electron chi connectivity index (χ0n) is 18.2. The summed E-state index contributed by atoms with van der Waals surface area (Å²) in [5.41, 5.74) is 2.16. The molecule has 1 aromatic heterocycles. The monoisotopic (exact) mass is 378 g/mol. The van der Waals surface area contributed by atoms with E-state index in [0.717, 1.165) is 0 Å². The van der Waals surface area contributed by atoms with E-state index < -0.39 is 12.0 Å². The van der Waals surface area contributed by atoms with Gasteiger partial charge in [0.1, 0.15) is 5.69 Å². The minimum absolute atomic E-state index is 0.0148. The lowest BCUT2D eigenvalue weighted by Crippen LogP contribution is -2.45. The number of aromatic nitrogens is 1. The molecule has 0 N–H and O–H groups in total. The van der Waals surface area contributed by atoms with Crippen molar-refractivity contribution in [1.29, 1.82) is 0 Å². The molecule has 1 heterocycles. The number of ketones is 1. The van der Waals surface area contributed by atoms with Gasteiger partial charge >= 0.3 is 5.97 Å². The number of nitrogens with zero attached hydrogens (tertiary/aromatic N) is 2. The van der Waals surface area contributed by atoms with Gasteiger partial charge in [0.2, 0.25) is 5.91 Å². The van der Waals surface area contributed by atoms with Crippen molar-refractivity contribution in [3.8, 4) is 0 Å². The predicted octanol–water partition coefficient (Wildman–Crippen LogP) is 3.53. The number of hydrogen-bond donors (Lipinski definition) is 0. The molecule has 0 spiro atoms. The average molecular weight is 379 g/mol. The van der Waals surface area contributed by atoms with Crippen LogP contribution in [0, 0.1) is 25.7 Å². The maximum Gasteiger partial charge on any atom is 0.354 e. The van der Waals surface area contributed by atoms with Gasteiger partial charge in [0.15, 0.2) is 5.78 Å². The van der Waals surface area contributed by atoms with Gasteiger partial charge in [-0.25, -0.2) is 4.79 Å². The molecule has 0 aliphatic rings. The van der Waals surface area contributed by atoms with E-state index in [1.165, 1.54) is 7.11 Å². The van der Waals surface area contributed by atoms with Gasteiger partial charge in [-0.2, -0.15) is 0 Å². The van der Waals surface area contributed by atoms with Crippen LogP contribution in [-0.4, -0.2) is 46.8 Å². The van der Waals surface area contributed by atoms with Crippen molar-refractivity contribution >= 4 is 17.7 Å². The Labute approximate surface area is 162 Å². The SMILES string of the molecule is COC(=O)c1c(C)c(C(=O)C(C)N(CC(C)C)C(=O)CC(C)C)c(C)n1C. The van der Waals surface area contributed by atoms with Crippen LogP contribution in [-0.2, 0) is 16.6 Å². The molecule has 152 valence electrons. The van der Waals surface area contributed by atoms with Crippen molar-refractivity contribution in [3.05, 3.63) is 22.5 Å². The van der Waals surface area contributed by atoms with E-state index in [9.17, 15) is 14.4 Å². The Kier molecular flexibility index (Phi) is 7.81. The number of rotatable bonds is 8. The van der Waals surface area contributed by atoms with Crippen LogP contribution < -0.4 is 0 Å². The Morgan fingerprint density at radius 1 is 1.04 bits per heavy atom. The second kappa shape index (κ2) is 9.20. The summed E-state index contributed by atoms with van der Waals surface area (Å²) in [4.78, 5) is 39.9. The van der Waals surface area contributed by atoms with E-state index in [2.05, 4.69) is 0 Å². The lowest BCUT2D eigenvalue weighted by Gasteiger charge is -2.31.